The number of carboxylic acid groups (broad SMARTS) is 1. The van der Waals surface area contributed by atoms with Gasteiger partial charge in [-0.2, -0.15) is 0 Å². The monoisotopic (exact) mass is 416 g/mol. The molecule has 0 spiro atoms. The zero-order valence-corrected chi connectivity index (χ0v) is 15.3. The number of rotatable bonds is 2. The van der Waals surface area contributed by atoms with Crippen LogP contribution in [0.25, 0.3) is 0 Å². The van der Waals surface area contributed by atoms with Crippen LogP contribution in [0.1, 0.15) is 6.92 Å². The molecule has 0 aliphatic carbocycles. The summed E-state index contributed by atoms with van der Waals surface area (Å²) in [5, 5.41) is 7.42. The molecular weight excluding hydrogens is 401 g/mol. The third-order valence-electron chi connectivity index (χ3n) is 2.09. The first-order valence-electron chi connectivity index (χ1n) is 5.46. The predicted octanol–water partition coefficient (Wildman–Crippen LogP) is 1.81. The topological polar surface area (TPSA) is 37.3 Å². The molecule has 0 bridgehead atoms. The molecule has 1 N–H and O–H groups in total. The summed E-state index contributed by atoms with van der Waals surface area (Å²) in [5.74, 6) is -0.833. The van der Waals surface area contributed by atoms with E-state index in [0.29, 0.717) is 0 Å². The van der Waals surface area contributed by atoms with Gasteiger partial charge in [-0.05, 0) is 0 Å². The van der Waals surface area contributed by atoms with Crippen LogP contribution in [0, 0.1) is 0 Å². The van der Waals surface area contributed by atoms with Crippen LogP contribution in [0.2, 0.25) is 0 Å². The quantitative estimate of drug-likeness (QED) is 0.761. The van der Waals surface area contributed by atoms with Gasteiger partial charge in [0.25, 0.3) is 5.97 Å². The summed E-state index contributed by atoms with van der Waals surface area (Å²) < 4.78 is 3.18. The van der Waals surface area contributed by atoms with E-state index >= 15 is 0 Å². The van der Waals surface area contributed by atoms with Crippen LogP contribution in [0.3, 0.4) is 0 Å². The fourth-order valence-electron chi connectivity index (χ4n) is 1.43. The second-order valence-electron chi connectivity index (χ2n) is 3.67. The van der Waals surface area contributed by atoms with Crippen LogP contribution in [0.4, 0.5) is 0 Å². The first-order chi connectivity index (χ1) is 8.18. The Morgan fingerprint density at radius 3 is 1.47 bits per heavy atom. The summed E-state index contributed by atoms with van der Waals surface area (Å²) in [6.07, 6.45) is 0. The molecule has 0 unspecified atom stereocenters. The van der Waals surface area contributed by atoms with Crippen molar-refractivity contribution >= 4 is 12.1 Å². The minimum absolute atomic E-state index is 0.833. The van der Waals surface area contributed by atoms with Gasteiger partial charge >= 0.3 is 91.4 Å². The zero-order chi connectivity index (χ0) is 12.5. The summed E-state index contributed by atoms with van der Waals surface area (Å²) in [5.41, 5.74) is 0. The van der Waals surface area contributed by atoms with Gasteiger partial charge in [-0.15, -0.1) is 0 Å². The van der Waals surface area contributed by atoms with E-state index in [2.05, 4.69) is 60.7 Å². The van der Waals surface area contributed by atoms with E-state index < -0.39 is 30.5 Å². The van der Waals surface area contributed by atoms with Crippen molar-refractivity contribution in [3.63, 3.8) is 0 Å². The average Bonchev–Trinajstić information content (AvgIpc) is 2.31. The van der Waals surface area contributed by atoms with Crippen LogP contribution >= 0.6 is 0 Å². The van der Waals surface area contributed by atoms with E-state index in [1.54, 1.807) is 6.14 Å². The number of benzene rings is 2. The molecule has 0 heterocycles. The Balaban J connectivity index is 0.000000317. The summed E-state index contributed by atoms with van der Waals surface area (Å²) in [7, 11) is 0. The van der Waals surface area contributed by atoms with Crippen molar-refractivity contribution in [2.75, 3.05) is 0 Å². The van der Waals surface area contributed by atoms with Crippen molar-refractivity contribution in [3.05, 3.63) is 60.7 Å². The van der Waals surface area contributed by atoms with E-state index in [1.165, 1.54) is 0 Å². The molecule has 0 saturated heterocycles. The van der Waals surface area contributed by atoms with Crippen molar-refractivity contribution in [2.24, 2.45) is 0 Å². The van der Waals surface area contributed by atoms with Crippen molar-refractivity contribution in [2.45, 2.75) is 6.92 Å². The third-order valence-corrected chi connectivity index (χ3v) is 8.93. The van der Waals surface area contributed by atoms with Gasteiger partial charge in [0.05, 0.1) is 0 Å². The third kappa shape index (κ3) is 6.90. The van der Waals surface area contributed by atoms with Crippen LogP contribution in [0.5, 0.6) is 0 Å². The second kappa shape index (κ2) is 8.01. The molecule has 2 rings (SSSR count). The molecule has 0 amide bonds. The van der Waals surface area contributed by atoms with Gasteiger partial charge in [0.1, 0.15) is 0 Å². The van der Waals surface area contributed by atoms with E-state index in [1.807, 2.05) is 0 Å². The van der Waals surface area contributed by atoms with E-state index in [9.17, 15) is 0 Å². The van der Waals surface area contributed by atoms with Gasteiger partial charge in [-0.3, -0.25) is 4.79 Å². The van der Waals surface area contributed by atoms with Gasteiger partial charge in [-0.1, -0.05) is 0 Å². The van der Waals surface area contributed by atoms with Gasteiger partial charge in [0.2, 0.25) is 0 Å². The van der Waals surface area contributed by atoms with Crippen molar-refractivity contribution < 1.29 is 34.5 Å². The Labute approximate surface area is 114 Å². The van der Waals surface area contributed by atoms with Crippen LogP contribution in [0.15, 0.2) is 60.7 Å². The number of carbonyl (C=O) groups is 1. The molecule has 2 aromatic carbocycles. The van der Waals surface area contributed by atoms with Gasteiger partial charge in [0.15, 0.2) is 0 Å². The minimum atomic E-state index is -0.992. The fraction of sp³-hybridized carbons (Fsp3) is 0.0714. The summed E-state index contributed by atoms with van der Waals surface area (Å²) >= 11 is -0.992. The first kappa shape index (κ1) is 13.9. The maximum atomic E-state index is 9.00. The number of hydrogen-bond donors (Lipinski definition) is 1. The molecule has 0 fully saturated rings. The molecule has 2 nitrogen and oxygen atoms in total. The first-order valence-corrected chi connectivity index (χ1v) is 11.0. The van der Waals surface area contributed by atoms with Gasteiger partial charge in [0, 0.05) is 6.92 Å². The molecule has 0 aliphatic rings. The molecule has 0 saturated carbocycles. The Bertz CT molecular complexity index is 399. The molecule has 3 heteroatoms. The number of hydrogen-bond acceptors (Lipinski definition) is 1. The van der Waals surface area contributed by atoms with Crippen LogP contribution in [-0.4, -0.2) is 11.1 Å². The van der Waals surface area contributed by atoms with Crippen molar-refractivity contribution in [3.8, 4) is 0 Å². The molecule has 17 heavy (non-hydrogen) atoms. The molecular formula is C14H14HgO2. The molecule has 0 aromatic heterocycles. The Hall–Kier alpha value is -1.15. The average molecular weight is 415 g/mol. The maximum absolute atomic E-state index is 9.00. The Kier molecular flexibility index (Phi) is 6.56. The molecule has 0 atom stereocenters. The molecule has 0 aliphatic heterocycles. The fourth-order valence-corrected chi connectivity index (χ4v) is 7.21. The molecule has 84 valence electrons. The Morgan fingerprint density at radius 1 is 0.882 bits per heavy atom. The molecule has 2 aromatic rings. The second-order valence-corrected chi connectivity index (χ2v) is 11.4. The zero-order valence-electron chi connectivity index (χ0n) is 9.84. The molecule has 0 radical (unpaired) electrons. The van der Waals surface area contributed by atoms with E-state index in [0.717, 1.165) is 6.92 Å². The van der Waals surface area contributed by atoms with Gasteiger partial charge < -0.3 is 5.11 Å². The number of carboxylic acids is 1. The number of aliphatic carboxylic acids is 1. The van der Waals surface area contributed by atoms with Gasteiger partial charge in [-0.25, -0.2) is 0 Å². The summed E-state index contributed by atoms with van der Waals surface area (Å²) in [4.78, 5) is 9.00. The van der Waals surface area contributed by atoms with E-state index in [-0.39, 0.29) is 0 Å². The van der Waals surface area contributed by atoms with Crippen molar-refractivity contribution in [1.29, 1.82) is 0 Å². The predicted molar refractivity (Wildman–Crippen MR) is 65.5 cm³/mol. The van der Waals surface area contributed by atoms with Crippen LogP contribution in [-0.2, 0) is 29.4 Å². The Morgan fingerprint density at radius 2 is 1.18 bits per heavy atom. The van der Waals surface area contributed by atoms with E-state index in [4.69, 9.17) is 9.90 Å². The summed E-state index contributed by atoms with van der Waals surface area (Å²) in [6, 6.07) is 21.8. The van der Waals surface area contributed by atoms with Crippen molar-refractivity contribution in [1.82, 2.24) is 0 Å². The standard InChI is InChI=1S/2C6H5.C2H4O2.Hg/c2*1-2-4-6-5-3-1;1-2(3)4;/h2*1-5H;1H3,(H,3,4);. The summed E-state index contributed by atoms with van der Waals surface area (Å²) in [6.45, 7) is 1.08. The van der Waals surface area contributed by atoms with Crippen LogP contribution < -0.4 is 6.14 Å². The normalized spacial score (nSPS) is 8.53. The SMILES string of the molecule is CC(=O)O.c1cc[c]([Hg][c]2ccccc2)cc1.